The molecular weight excluding hydrogens is 396 g/mol. The van der Waals surface area contributed by atoms with Crippen molar-refractivity contribution in [1.29, 1.82) is 0 Å². The lowest BCUT2D eigenvalue weighted by atomic mass is 10.1. The number of thiophene rings is 1. The fourth-order valence-corrected chi connectivity index (χ4v) is 4.82. The van der Waals surface area contributed by atoms with Gasteiger partial charge in [0.2, 0.25) is 0 Å². The van der Waals surface area contributed by atoms with Crippen molar-refractivity contribution in [3.63, 3.8) is 0 Å². The van der Waals surface area contributed by atoms with Crippen molar-refractivity contribution < 1.29 is 19.1 Å². The molecule has 0 spiro atoms. The summed E-state index contributed by atoms with van der Waals surface area (Å²) < 4.78 is 9.75. The third kappa shape index (κ3) is 4.51. The van der Waals surface area contributed by atoms with E-state index in [0.29, 0.717) is 26.9 Å². The van der Waals surface area contributed by atoms with Crippen LogP contribution in [0.15, 0.2) is 24.3 Å². The van der Waals surface area contributed by atoms with E-state index in [0.717, 1.165) is 31.2 Å². The average Bonchev–Trinajstić information content (AvgIpc) is 2.87. The number of ether oxygens (including phenoxy) is 2. The smallest absolute Gasteiger partial charge is 0.341 e. The number of hydrogen-bond donors (Lipinski definition) is 2. The summed E-state index contributed by atoms with van der Waals surface area (Å²) in [5, 5.41) is 7.22. The van der Waals surface area contributed by atoms with Crippen molar-refractivity contribution in [3.05, 3.63) is 45.8 Å². The molecule has 0 amide bonds. The zero-order valence-corrected chi connectivity index (χ0v) is 17.4. The number of carbonyl (C=O) groups is 2. The topological polar surface area (TPSA) is 76.7 Å². The molecule has 6 nitrogen and oxygen atoms in total. The fourth-order valence-electron chi connectivity index (χ4n) is 3.26. The van der Waals surface area contributed by atoms with E-state index in [1.165, 1.54) is 25.5 Å². The summed E-state index contributed by atoms with van der Waals surface area (Å²) in [6, 6.07) is 6.86. The maximum atomic E-state index is 12.4. The Morgan fingerprint density at radius 3 is 2.54 bits per heavy atom. The van der Waals surface area contributed by atoms with Gasteiger partial charge in [-0.3, -0.25) is 0 Å². The Labute approximate surface area is 173 Å². The number of methoxy groups -OCH3 is 2. The second-order valence-corrected chi connectivity index (χ2v) is 7.93. The lowest BCUT2D eigenvalue weighted by Crippen LogP contribution is -2.20. The minimum Gasteiger partial charge on any atom is -0.465 e. The summed E-state index contributed by atoms with van der Waals surface area (Å²) in [5.74, 6) is -0.769. The Morgan fingerprint density at radius 2 is 1.79 bits per heavy atom. The van der Waals surface area contributed by atoms with E-state index in [-0.39, 0.29) is 5.97 Å². The number of hydrogen-bond acceptors (Lipinski definition) is 6. The number of carbonyl (C=O) groups excluding carboxylic acids is 2. The molecule has 3 rings (SSSR count). The van der Waals surface area contributed by atoms with Gasteiger partial charge in [0.1, 0.15) is 5.00 Å². The molecule has 1 aliphatic rings. The van der Waals surface area contributed by atoms with Crippen molar-refractivity contribution in [2.24, 2.45) is 0 Å². The van der Waals surface area contributed by atoms with Crippen LogP contribution in [-0.4, -0.2) is 31.3 Å². The molecule has 0 saturated carbocycles. The summed E-state index contributed by atoms with van der Waals surface area (Å²) in [4.78, 5) is 25.3. The normalized spacial score (nSPS) is 13.1. The lowest BCUT2D eigenvalue weighted by Gasteiger charge is -2.12. The monoisotopic (exact) mass is 418 g/mol. The van der Waals surface area contributed by atoms with Crippen molar-refractivity contribution in [2.75, 3.05) is 24.9 Å². The molecule has 0 bridgehead atoms. The Balaban J connectivity index is 1.80. The molecule has 2 N–H and O–H groups in total. The van der Waals surface area contributed by atoms with E-state index in [1.807, 2.05) is 0 Å². The molecule has 0 radical (unpaired) electrons. The minimum atomic E-state index is -0.419. The van der Waals surface area contributed by atoms with Crippen molar-refractivity contribution in [2.45, 2.75) is 32.1 Å². The number of fused-ring (bicyclic) bond motifs is 1. The predicted octanol–water partition coefficient (Wildman–Crippen LogP) is 4.40. The second-order valence-electron chi connectivity index (χ2n) is 6.41. The van der Waals surface area contributed by atoms with Crippen molar-refractivity contribution in [1.82, 2.24) is 0 Å². The standard InChI is InChI=1S/C20H22N2O4S2/c1-25-18(23)12-7-6-8-13(11-12)21-20(27)22-17-16(19(24)26-2)14-9-4-3-5-10-15(14)28-17/h6-8,11H,3-5,9-10H2,1-2H3,(H2,21,22,27). The molecule has 0 atom stereocenters. The number of anilines is 2. The fraction of sp³-hybridized carbons (Fsp3) is 0.350. The van der Waals surface area contributed by atoms with Gasteiger partial charge in [0.25, 0.3) is 0 Å². The highest BCUT2D eigenvalue weighted by Crippen LogP contribution is 2.38. The van der Waals surface area contributed by atoms with Crippen LogP contribution in [-0.2, 0) is 22.3 Å². The van der Waals surface area contributed by atoms with Gasteiger partial charge in [0, 0.05) is 10.6 Å². The van der Waals surface area contributed by atoms with Gasteiger partial charge in [-0.2, -0.15) is 0 Å². The number of benzene rings is 1. The molecule has 0 saturated heterocycles. The zero-order chi connectivity index (χ0) is 20.1. The van der Waals surface area contributed by atoms with E-state index in [4.69, 9.17) is 21.7 Å². The third-order valence-electron chi connectivity index (χ3n) is 4.58. The van der Waals surface area contributed by atoms with Gasteiger partial charge in [-0.1, -0.05) is 12.5 Å². The first kappa shape index (κ1) is 20.3. The van der Waals surface area contributed by atoms with Gasteiger partial charge in [-0.05, 0) is 61.7 Å². The van der Waals surface area contributed by atoms with Gasteiger partial charge in [-0.15, -0.1) is 11.3 Å². The Bertz CT molecular complexity index is 908. The molecular formula is C20H22N2O4S2. The van der Waals surface area contributed by atoms with Crippen molar-refractivity contribution >= 4 is 51.3 Å². The van der Waals surface area contributed by atoms with Gasteiger partial charge >= 0.3 is 11.9 Å². The molecule has 28 heavy (non-hydrogen) atoms. The third-order valence-corrected chi connectivity index (χ3v) is 5.99. The first-order chi connectivity index (χ1) is 13.5. The van der Waals surface area contributed by atoms with E-state index >= 15 is 0 Å². The highest BCUT2D eigenvalue weighted by atomic mass is 32.1. The molecule has 0 aliphatic heterocycles. The van der Waals surface area contributed by atoms with Crippen LogP contribution in [0.3, 0.4) is 0 Å². The number of nitrogens with one attached hydrogen (secondary N) is 2. The number of aryl methyl sites for hydroxylation is 1. The number of rotatable bonds is 4. The lowest BCUT2D eigenvalue weighted by molar-refractivity contribution is 0.0592. The molecule has 8 heteroatoms. The summed E-state index contributed by atoms with van der Waals surface area (Å²) in [6.07, 6.45) is 5.19. The Kier molecular flexibility index (Phi) is 6.64. The molecule has 1 aliphatic carbocycles. The first-order valence-electron chi connectivity index (χ1n) is 9.02. The highest BCUT2D eigenvalue weighted by molar-refractivity contribution is 7.80. The van der Waals surface area contributed by atoms with E-state index in [2.05, 4.69) is 10.6 Å². The highest BCUT2D eigenvalue weighted by Gasteiger charge is 2.25. The summed E-state index contributed by atoms with van der Waals surface area (Å²) in [5.41, 5.74) is 2.73. The summed E-state index contributed by atoms with van der Waals surface area (Å²) in [7, 11) is 2.73. The van der Waals surface area contributed by atoms with Crippen LogP contribution in [0.2, 0.25) is 0 Å². The largest absolute Gasteiger partial charge is 0.465 e. The van der Waals surface area contributed by atoms with Crippen LogP contribution in [0.25, 0.3) is 0 Å². The van der Waals surface area contributed by atoms with Crippen LogP contribution >= 0.6 is 23.6 Å². The van der Waals surface area contributed by atoms with E-state index in [1.54, 1.807) is 35.6 Å². The Hall–Kier alpha value is -2.45. The SMILES string of the molecule is COC(=O)c1cccc(NC(=S)Nc2sc3c(c2C(=O)OC)CCCCC3)c1. The predicted molar refractivity (Wildman–Crippen MR) is 115 cm³/mol. The first-order valence-corrected chi connectivity index (χ1v) is 10.2. The molecule has 0 fully saturated rings. The number of esters is 2. The maximum absolute atomic E-state index is 12.4. The quantitative estimate of drug-likeness (QED) is 0.433. The van der Waals surface area contributed by atoms with Crippen LogP contribution in [0.5, 0.6) is 0 Å². The minimum absolute atomic E-state index is 0.337. The number of thiocarbonyl (C=S) groups is 1. The Morgan fingerprint density at radius 1 is 1.04 bits per heavy atom. The van der Waals surface area contributed by atoms with Crippen LogP contribution in [0, 0.1) is 0 Å². The van der Waals surface area contributed by atoms with E-state index < -0.39 is 5.97 Å². The molecule has 1 aromatic heterocycles. The van der Waals surface area contributed by atoms with Crippen molar-refractivity contribution in [3.8, 4) is 0 Å². The molecule has 0 unspecified atom stereocenters. The van der Waals surface area contributed by atoms with Gasteiger partial charge < -0.3 is 20.1 Å². The van der Waals surface area contributed by atoms with Crippen LogP contribution in [0.1, 0.15) is 50.4 Å². The summed E-state index contributed by atoms with van der Waals surface area (Å²) >= 11 is 6.98. The molecule has 1 heterocycles. The zero-order valence-electron chi connectivity index (χ0n) is 15.8. The van der Waals surface area contributed by atoms with Gasteiger partial charge in [0.15, 0.2) is 5.11 Å². The molecule has 1 aromatic carbocycles. The molecule has 2 aromatic rings. The van der Waals surface area contributed by atoms with E-state index in [9.17, 15) is 9.59 Å². The van der Waals surface area contributed by atoms with Crippen LogP contribution in [0.4, 0.5) is 10.7 Å². The average molecular weight is 419 g/mol. The maximum Gasteiger partial charge on any atom is 0.341 e. The van der Waals surface area contributed by atoms with Gasteiger partial charge in [0.05, 0.1) is 25.3 Å². The second kappa shape index (κ2) is 9.16. The van der Waals surface area contributed by atoms with Gasteiger partial charge in [-0.25, -0.2) is 9.59 Å². The molecule has 148 valence electrons. The van der Waals surface area contributed by atoms with Crippen LogP contribution < -0.4 is 10.6 Å². The summed E-state index contributed by atoms with van der Waals surface area (Å²) in [6.45, 7) is 0.